The molecule has 21 heavy (non-hydrogen) atoms. The normalized spacial score (nSPS) is 16.1. The number of carbonyl (C=O) groups excluding carboxylic acids is 1. The van der Waals surface area contributed by atoms with E-state index in [-0.39, 0.29) is 18.7 Å². The summed E-state index contributed by atoms with van der Waals surface area (Å²) >= 11 is 0. The zero-order valence-corrected chi connectivity index (χ0v) is 11.2. The molecule has 3 rings (SSSR count). The molecule has 2 N–H and O–H groups in total. The van der Waals surface area contributed by atoms with E-state index in [1.165, 1.54) is 0 Å². The van der Waals surface area contributed by atoms with E-state index >= 15 is 0 Å². The van der Waals surface area contributed by atoms with Crippen molar-refractivity contribution in [2.45, 2.75) is 6.17 Å². The van der Waals surface area contributed by atoms with Crippen LogP contribution < -0.4 is 15.4 Å². The lowest BCUT2D eigenvalue weighted by atomic mass is 10.1. The van der Waals surface area contributed by atoms with Gasteiger partial charge >= 0.3 is 0 Å². The lowest BCUT2D eigenvalue weighted by Crippen LogP contribution is -2.38. The van der Waals surface area contributed by atoms with Crippen molar-refractivity contribution in [2.24, 2.45) is 0 Å². The average Bonchev–Trinajstić information content (AvgIpc) is 2.53. The Hall–Kier alpha value is -3.00. The van der Waals surface area contributed by atoms with Crippen LogP contribution in [0.15, 0.2) is 48.5 Å². The van der Waals surface area contributed by atoms with Crippen LogP contribution in [0.3, 0.4) is 0 Å². The van der Waals surface area contributed by atoms with Gasteiger partial charge in [0.1, 0.15) is 18.0 Å². The average molecular weight is 279 g/mol. The van der Waals surface area contributed by atoms with Crippen LogP contribution in [-0.2, 0) is 0 Å². The van der Waals surface area contributed by atoms with Crippen molar-refractivity contribution in [1.29, 1.82) is 5.26 Å². The predicted molar refractivity (Wildman–Crippen MR) is 77.8 cm³/mol. The Morgan fingerprint density at radius 2 is 1.86 bits per heavy atom. The van der Waals surface area contributed by atoms with Gasteiger partial charge in [0.25, 0.3) is 5.91 Å². The Labute approximate surface area is 122 Å². The highest BCUT2D eigenvalue weighted by Crippen LogP contribution is 2.27. The third kappa shape index (κ3) is 2.65. The highest BCUT2D eigenvalue weighted by Gasteiger charge is 2.23. The fourth-order valence-corrected chi connectivity index (χ4v) is 2.25. The lowest BCUT2D eigenvalue weighted by Gasteiger charge is -2.28. The molecule has 2 aromatic rings. The fraction of sp³-hybridized carbons (Fsp3) is 0.125. The summed E-state index contributed by atoms with van der Waals surface area (Å²) in [5, 5.41) is 14.7. The summed E-state index contributed by atoms with van der Waals surface area (Å²) in [7, 11) is 0. The van der Waals surface area contributed by atoms with Crippen LogP contribution in [0.1, 0.15) is 22.1 Å². The second-order valence-electron chi connectivity index (χ2n) is 4.61. The van der Waals surface area contributed by atoms with Crippen molar-refractivity contribution in [3.63, 3.8) is 0 Å². The number of nitriles is 1. The SMILES string of the molecule is N#CCOc1ccc([C@@H]2NC(=O)c3ccccc3N2)cc1. The zero-order chi connectivity index (χ0) is 14.7. The molecular formula is C16H13N3O2. The van der Waals surface area contributed by atoms with Crippen molar-refractivity contribution in [3.05, 3.63) is 59.7 Å². The van der Waals surface area contributed by atoms with E-state index in [0.717, 1.165) is 11.3 Å². The van der Waals surface area contributed by atoms with Crippen LogP contribution in [0.5, 0.6) is 5.75 Å². The summed E-state index contributed by atoms with van der Waals surface area (Å²) in [6, 6.07) is 16.6. The molecule has 2 aromatic carbocycles. The molecule has 0 unspecified atom stereocenters. The summed E-state index contributed by atoms with van der Waals surface area (Å²) < 4.78 is 5.21. The maximum Gasteiger partial charge on any atom is 0.255 e. The quantitative estimate of drug-likeness (QED) is 0.905. The van der Waals surface area contributed by atoms with Crippen molar-refractivity contribution in [1.82, 2.24) is 5.32 Å². The Kier molecular flexibility index (Phi) is 3.44. The monoisotopic (exact) mass is 279 g/mol. The number of carbonyl (C=O) groups is 1. The van der Waals surface area contributed by atoms with Gasteiger partial charge in [0, 0.05) is 5.69 Å². The molecule has 1 aliphatic heterocycles. The van der Waals surface area contributed by atoms with Gasteiger partial charge in [0.15, 0.2) is 6.61 Å². The van der Waals surface area contributed by atoms with Crippen LogP contribution in [0.2, 0.25) is 0 Å². The third-order valence-electron chi connectivity index (χ3n) is 3.26. The minimum absolute atomic E-state index is 0.0190. The van der Waals surface area contributed by atoms with E-state index < -0.39 is 0 Å². The summed E-state index contributed by atoms with van der Waals surface area (Å²) in [5.74, 6) is 0.530. The molecule has 0 fully saturated rings. The van der Waals surface area contributed by atoms with Crippen LogP contribution in [-0.4, -0.2) is 12.5 Å². The van der Waals surface area contributed by atoms with Gasteiger partial charge < -0.3 is 15.4 Å². The smallest absolute Gasteiger partial charge is 0.255 e. The minimum Gasteiger partial charge on any atom is -0.479 e. The summed E-state index contributed by atoms with van der Waals surface area (Å²) in [6.45, 7) is 0.0190. The van der Waals surface area contributed by atoms with Gasteiger partial charge in [0.2, 0.25) is 0 Å². The molecule has 1 amide bonds. The number of anilines is 1. The van der Waals surface area contributed by atoms with Gasteiger partial charge in [-0.25, -0.2) is 0 Å². The molecule has 104 valence electrons. The van der Waals surface area contributed by atoms with Crippen LogP contribution in [0, 0.1) is 11.3 Å². The number of nitrogens with one attached hydrogen (secondary N) is 2. The number of hydrogen-bond acceptors (Lipinski definition) is 4. The van der Waals surface area contributed by atoms with Gasteiger partial charge in [-0.05, 0) is 29.8 Å². The number of fused-ring (bicyclic) bond motifs is 1. The number of para-hydroxylation sites is 1. The van der Waals surface area contributed by atoms with Crippen molar-refractivity contribution in [2.75, 3.05) is 11.9 Å². The molecule has 1 aliphatic rings. The molecule has 0 saturated carbocycles. The topological polar surface area (TPSA) is 74.1 Å². The Morgan fingerprint density at radius 1 is 1.10 bits per heavy atom. The second kappa shape index (κ2) is 5.55. The van der Waals surface area contributed by atoms with Crippen molar-refractivity contribution in [3.8, 4) is 11.8 Å². The van der Waals surface area contributed by atoms with E-state index in [1.54, 1.807) is 18.2 Å². The van der Waals surface area contributed by atoms with E-state index in [0.29, 0.717) is 11.3 Å². The first-order chi connectivity index (χ1) is 10.3. The minimum atomic E-state index is -0.280. The number of benzene rings is 2. The van der Waals surface area contributed by atoms with Gasteiger partial charge in [0.05, 0.1) is 5.56 Å². The summed E-state index contributed by atoms with van der Waals surface area (Å²) in [5.41, 5.74) is 2.38. The zero-order valence-electron chi connectivity index (χ0n) is 11.2. The van der Waals surface area contributed by atoms with Gasteiger partial charge in [-0.1, -0.05) is 24.3 Å². The van der Waals surface area contributed by atoms with E-state index in [2.05, 4.69) is 10.6 Å². The Balaban J connectivity index is 1.80. The second-order valence-corrected chi connectivity index (χ2v) is 4.61. The molecule has 0 aliphatic carbocycles. The Morgan fingerprint density at radius 3 is 2.62 bits per heavy atom. The van der Waals surface area contributed by atoms with Crippen LogP contribution in [0.4, 0.5) is 5.69 Å². The number of amides is 1. The molecule has 5 nitrogen and oxygen atoms in total. The number of ether oxygens (including phenoxy) is 1. The maximum atomic E-state index is 12.1. The molecule has 0 radical (unpaired) electrons. The maximum absolute atomic E-state index is 12.1. The van der Waals surface area contributed by atoms with Crippen molar-refractivity contribution < 1.29 is 9.53 Å². The van der Waals surface area contributed by atoms with E-state index in [9.17, 15) is 4.79 Å². The molecule has 0 aromatic heterocycles. The molecule has 5 heteroatoms. The highest BCUT2D eigenvalue weighted by molar-refractivity contribution is 6.01. The molecule has 0 bridgehead atoms. The standard InChI is InChI=1S/C16H13N3O2/c17-9-10-21-12-7-5-11(6-8-12)15-18-14-4-2-1-3-13(14)16(20)19-15/h1-8,15,18H,10H2,(H,19,20)/t15-/m0/s1. The molecule has 1 heterocycles. The fourth-order valence-electron chi connectivity index (χ4n) is 2.25. The number of hydrogen-bond donors (Lipinski definition) is 2. The molecule has 0 saturated heterocycles. The summed E-state index contributed by atoms with van der Waals surface area (Å²) in [4.78, 5) is 12.1. The van der Waals surface area contributed by atoms with Gasteiger partial charge in [-0.3, -0.25) is 4.79 Å². The van der Waals surface area contributed by atoms with Crippen molar-refractivity contribution >= 4 is 11.6 Å². The van der Waals surface area contributed by atoms with E-state index in [4.69, 9.17) is 10.00 Å². The largest absolute Gasteiger partial charge is 0.479 e. The molecular weight excluding hydrogens is 266 g/mol. The van der Waals surface area contributed by atoms with Gasteiger partial charge in [-0.15, -0.1) is 0 Å². The van der Waals surface area contributed by atoms with Crippen LogP contribution in [0.25, 0.3) is 0 Å². The first kappa shape index (κ1) is 13.0. The number of nitrogens with zero attached hydrogens (tertiary/aromatic N) is 1. The molecule has 1 atom stereocenters. The van der Waals surface area contributed by atoms with E-state index in [1.807, 2.05) is 36.4 Å². The predicted octanol–water partition coefficient (Wildman–Crippen LogP) is 2.44. The van der Waals surface area contributed by atoms with Gasteiger partial charge in [-0.2, -0.15) is 5.26 Å². The Bertz CT molecular complexity index is 704. The highest BCUT2D eigenvalue weighted by atomic mass is 16.5. The first-order valence-corrected chi connectivity index (χ1v) is 6.54. The summed E-state index contributed by atoms with van der Waals surface area (Å²) in [6.07, 6.45) is -0.280. The molecule has 0 spiro atoms. The first-order valence-electron chi connectivity index (χ1n) is 6.54. The van der Waals surface area contributed by atoms with Crippen LogP contribution >= 0.6 is 0 Å². The third-order valence-corrected chi connectivity index (χ3v) is 3.26. The number of rotatable bonds is 3. The lowest BCUT2D eigenvalue weighted by molar-refractivity contribution is 0.0935.